The van der Waals surface area contributed by atoms with Crippen molar-refractivity contribution in [3.05, 3.63) is 16.1 Å². The molecule has 1 aromatic rings. The van der Waals surface area contributed by atoms with E-state index in [0.29, 0.717) is 18.8 Å². The Kier molecular flexibility index (Phi) is 7.02. The van der Waals surface area contributed by atoms with Crippen LogP contribution in [0, 0.1) is 5.92 Å². The van der Waals surface area contributed by atoms with Crippen molar-refractivity contribution >= 4 is 23.2 Å². The highest BCUT2D eigenvalue weighted by atomic mass is 32.1. The highest BCUT2D eigenvalue weighted by Gasteiger charge is 2.29. The summed E-state index contributed by atoms with van der Waals surface area (Å²) < 4.78 is 4.96. The third-order valence-corrected chi connectivity index (χ3v) is 4.99. The number of unbranched alkanes of at least 4 members (excludes halogenated alkanes) is 2. The van der Waals surface area contributed by atoms with E-state index in [1.54, 1.807) is 12.3 Å². The van der Waals surface area contributed by atoms with Gasteiger partial charge in [-0.1, -0.05) is 26.2 Å². The number of aromatic nitrogens is 1. The average molecular weight is 338 g/mol. The maximum Gasteiger partial charge on any atom is 0.357 e. The van der Waals surface area contributed by atoms with Gasteiger partial charge in [0.25, 0.3) is 0 Å². The topological polar surface area (TPSA) is 59.5 Å². The molecule has 0 N–H and O–H groups in total. The molecule has 1 saturated carbocycles. The Morgan fingerprint density at radius 2 is 2.13 bits per heavy atom. The van der Waals surface area contributed by atoms with Gasteiger partial charge in [-0.15, -0.1) is 11.3 Å². The highest BCUT2D eigenvalue weighted by Crippen LogP contribution is 2.29. The minimum atomic E-state index is -0.391. The number of carbonyl (C=O) groups excluding carboxylic acids is 2. The van der Waals surface area contributed by atoms with E-state index in [4.69, 9.17) is 4.74 Å². The van der Waals surface area contributed by atoms with Crippen LogP contribution >= 0.6 is 11.3 Å². The molecule has 1 aliphatic carbocycles. The minimum absolute atomic E-state index is 0.195. The van der Waals surface area contributed by atoms with E-state index >= 15 is 0 Å². The molecule has 128 valence electrons. The van der Waals surface area contributed by atoms with Gasteiger partial charge in [-0.05, 0) is 26.2 Å². The smallest absolute Gasteiger partial charge is 0.357 e. The van der Waals surface area contributed by atoms with Crippen molar-refractivity contribution in [2.24, 2.45) is 5.92 Å². The quantitative estimate of drug-likeness (QED) is 0.509. The lowest BCUT2D eigenvalue weighted by Gasteiger charge is -2.31. The van der Waals surface area contributed by atoms with Crippen molar-refractivity contribution in [2.45, 2.75) is 58.9 Å². The highest BCUT2D eigenvalue weighted by molar-refractivity contribution is 7.09. The number of rotatable bonds is 9. The second kappa shape index (κ2) is 9.01. The van der Waals surface area contributed by atoms with Crippen LogP contribution in [0.4, 0.5) is 0 Å². The molecule has 1 amide bonds. The third-order valence-electron chi connectivity index (χ3n) is 4.16. The molecule has 0 unspecified atom stereocenters. The van der Waals surface area contributed by atoms with Gasteiger partial charge in [0, 0.05) is 17.8 Å². The Balaban J connectivity index is 1.98. The lowest BCUT2D eigenvalue weighted by molar-refractivity contribution is -0.138. The van der Waals surface area contributed by atoms with Crippen LogP contribution in [0.1, 0.15) is 67.9 Å². The summed E-state index contributed by atoms with van der Waals surface area (Å²) in [7, 11) is 0. The van der Waals surface area contributed by atoms with E-state index in [-0.39, 0.29) is 11.8 Å². The molecular weight excluding hydrogens is 312 g/mol. The summed E-state index contributed by atoms with van der Waals surface area (Å²) in [6.07, 6.45) is 6.45. The van der Waals surface area contributed by atoms with E-state index in [2.05, 4.69) is 11.9 Å². The largest absolute Gasteiger partial charge is 0.461 e. The third kappa shape index (κ3) is 5.03. The molecule has 1 fully saturated rings. The maximum atomic E-state index is 12.6. The molecule has 1 aliphatic rings. The second-order valence-corrected chi connectivity index (χ2v) is 6.88. The van der Waals surface area contributed by atoms with Gasteiger partial charge in [-0.25, -0.2) is 9.78 Å². The van der Waals surface area contributed by atoms with Crippen LogP contribution in [0.2, 0.25) is 0 Å². The standard InChI is InChI=1S/C17H26N2O3S/c1-3-5-6-10-19(16(20)13-8-7-9-13)11-15-18-14(12-23-15)17(21)22-4-2/h12-13H,3-11H2,1-2H3. The molecule has 5 nitrogen and oxygen atoms in total. The van der Waals surface area contributed by atoms with Crippen molar-refractivity contribution in [2.75, 3.05) is 13.2 Å². The van der Waals surface area contributed by atoms with Crippen LogP contribution < -0.4 is 0 Å². The molecule has 0 aliphatic heterocycles. The van der Waals surface area contributed by atoms with Crippen molar-refractivity contribution in [3.63, 3.8) is 0 Å². The van der Waals surface area contributed by atoms with Crippen LogP contribution in [0.3, 0.4) is 0 Å². The van der Waals surface area contributed by atoms with Crippen molar-refractivity contribution in [1.29, 1.82) is 0 Å². The summed E-state index contributed by atoms with van der Waals surface area (Å²) in [5.74, 6) is 0.0548. The van der Waals surface area contributed by atoms with Crippen LogP contribution in [0.25, 0.3) is 0 Å². The molecule has 0 spiro atoms. The average Bonchev–Trinajstić information content (AvgIpc) is 2.93. The summed E-state index contributed by atoms with van der Waals surface area (Å²) in [6, 6.07) is 0. The zero-order chi connectivity index (χ0) is 16.7. The molecular formula is C17H26N2O3S. The summed E-state index contributed by atoms with van der Waals surface area (Å²) in [4.78, 5) is 30.5. The van der Waals surface area contributed by atoms with Crippen LogP contribution in [0.5, 0.6) is 0 Å². The monoisotopic (exact) mass is 338 g/mol. The Labute approximate surface area is 142 Å². The predicted molar refractivity (Wildman–Crippen MR) is 90.4 cm³/mol. The molecule has 0 bridgehead atoms. The van der Waals surface area contributed by atoms with Gasteiger partial charge in [-0.2, -0.15) is 0 Å². The zero-order valence-electron chi connectivity index (χ0n) is 14.0. The van der Waals surface area contributed by atoms with Crippen molar-refractivity contribution in [3.8, 4) is 0 Å². The summed E-state index contributed by atoms with van der Waals surface area (Å²) in [6.45, 7) is 5.55. The molecule has 1 heterocycles. The lowest BCUT2D eigenvalue weighted by atomic mass is 9.84. The number of thiazole rings is 1. The molecule has 1 aromatic heterocycles. The number of ether oxygens (including phenoxy) is 1. The Morgan fingerprint density at radius 3 is 2.74 bits per heavy atom. The number of hydrogen-bond donors (Lipinski definition) is 0. The van der Waals surface area contributed by atoms with E-state index in [0.717, 1.165) is 50.1 Å². The summed E-state index contributed by atoms with van der Waals surface area (Å²) in [5.41, 5.74) is 0.344. The Bertz CT molecular complexity index is 526. The van der Waals surface area contributed by atoms with E-state index in [1.807, 2.05) is 4.90 Å². The molecule has 0 radical (unpaired) electrons. The summed E-state index contributed by atoms with van der Waals surface area (Å²) >= 11 is 1.42. The predicted octanol–water partition coefficient (Wildman–Crippen LogP) is 3.64. The van der Waals surface area contributed by atoms with Gasteiger partial charge in [0.05, 0.1) is 13.2 Å². The molecule has 2 rings (SSSR count). The molecule has 6 heteroatoms. The lowest BCUT2D eigenvalue weighted by Crippen LogP contribution is -2.39. The van der Waals surface area contributed by atoms with E-state index in [1.165, 1.54) is 11.3 Å². The molecule has 0 aromatic carbocycles. The molecule has 23 heavy (non-hydrogen) atoms. The first kappa shape index (κ1) is 17.9. The first-order chi connectivity index (χ1) is 11.2. The summed E-state index contributed by atoms with van der Waals surface area (Å²) in [5, 5.41) is 2.52. The maximum absolute atomic E-state index is 12.6. The van der Waals surface area contributed by atoms with Crippen LogP contribution in [-0.4, -0.2) is 34.9 Å². The fourth-order valence-electron chi connectivity index (χ4n) is 2.58. The zero-order valence-corrected chi connectivity index (χ0v) is 14.9. The van der Waals surface area contributed by atoms with Gasteiger partial charge in [0.1, 0.15) is 5.01 Å². The van der Waals surface area contributed by atoms with Crippen LogP contribution in [0.15, 0.2) is 5.38 Å². The van der Waals surface area contributed by atoms with Gasteiger partial charge >= 0.3 is 5.97 Å². The number of hydrogen-bond acceptors (Lipinski definition) is 5. The van der Waals surface area contributed by atoms with Crippen LogP contribution in [-0.2, 0) is 16.1 Å². The molecule has 0 saturated heterocycles. The number of amides is 1. The van der Waals surface area contributed by atoms with Gasteiger partial charge < -0.3 is 9.64 Å². The fraction of sp³-hybridized carbons (Fsp3) is 0.706. The second-order valence-electron chi connectivity index (χ2n) is 5.94. The van der Waals surface area contributed by atoms with Gasteiger partial charge in [-0.3, -0.25) is 4.79 Å². The Morgan fingerprint density at radius 1 is 1.35 bits per heavy atom. The van der Waals surface area contributed by atoms with Gasteiger partial charge in [0.15, 0.2) is 5.69 Å². The van der Waals surface area contributed by atoms with E-state index in [9.17, 15) is 9.59 Å². The fourth-order valence-corrected chi connectivity index (χ4v) is 3.36. The first-order valence-corrected chi connectivity index (χ1v) is 9.44. The number of esters is 1. The number of carbonyl (C=O) groups is 2. The van der Waals surface area contributed by atoms with E-state index < -0.39 is 5.97 Å². The minimum Gasteiger partial charge on any atom is -0.461 e. The SMILES string of the molecule is CCCCCN(Cc1nc(C(=O)OCC)cs1)C(=O)C1CCC1. The Hall–Kier alpha value is -1.43. The number of nitrogens with zero attached hydrogens (tertiary/aromatic N) is 2. The van der Waals surface area contributed by atoms with Gasteiger partial charge in [0.2, 0.25) is 5.91 Å². The van der Waals surface area contributed by atoms with Crippen molar-refractivity contribution < 1.29 is 14.3 Å². The van der Waals surface area contributed by atoms with Crippen molar-refractivity contribution in [1.82, 2.24) is 9.88 Å². The normalized spacial score (nSPS) is 14.3. The first-order valence-electron chi connectivity index (χ1n) is 8.56. The molecule has 0 atom stereocenters.